The molecule has 0 bridgehead atoms. The fourth-order valence-electron chi connectivity index (χ4n) is 3.65. The van der Waals surface area contributed by atoms with Crippen LogP contribution >= 0.6 is 0 Å². The van der Waals surface area contributed by atoms with Crippen LogP contribution in [0.5, 0.6) is 5.75 Å². The van der Waals surface area contributed by atoms with Crippen LogP contribution in [0.1, 0.15) is 13.3 Å². The molecule has 1 aromatic rings. The Morgan fingerprint density at radius 3 is 2.43 bits per heavy atom. The quantitative estimate of drug-likeness (QED) is 0.918. The fourth-order valence-corrected chi connectivity index (χ4v) is 3.65. The highest BCUT2D eigenvalue weighted by Crippen LogP contribution is 2.23. The number of methoxy groups -OCH3 is 1. The van der Waals surface area contributed by atoms with Crippen LogP contribution in [0.15, 0.2) is 24.3 Å². The molecule has 0 spiro atoms. The average molecular weight is 289 g/mol. The van der Waals surface area contributed by atoms with Gasteiger partial charge in [0.15, 0.2) is 0 Å². The molecule has 0 aliphatic carbocycles. The van der Waals surface area contributed by atoms with Crippen molar-refractivity contribution in [2.45, 2.75) is 19.4 Å². The van der Waals surface area contributed by atoms with Gasteiger partial charge in [-0.2, -0.15) is 0 Å². The monoisotopic (exact) mass is 289 g/mol. The molecule has 21 heavy (non-hydrogen) atoms. The summed E-state index contributed by atoms with van der Waals surface area (Å²) in [6.45, 7) is 9.35. The van der Waals surface area contributed by atoms with Gasteiger partial charge in [0.1, 0.15) is 5.75 Å². The number of piperidine rings is 1. The van der Waals surface area contributed by atoms with Crippen LogP contribution < -0.4 is 15.0 Å². The van der Waals surface area contributed by atoms with Gasteiger partial charge < -0.3 is 15.0 Å². The summed E-state index contributed by atoms with van der Waals surface area (Å²) in [6.07, 6.45) is 1.30. The van der Waals surface area contributed by atoms with E-state index in [1.54, 1.807) is 7.11 Å². The number of ether oxygens (including phenoxy) is 1. The van der Waals surface area contributed by atoms with Crippen LogP contribution in [0.25, 0.3) is 0 Å². The van der Waals surface area contributed by atoms with Crippen molar-refractivity contribution in [1.29, 1.82) is 0 Å². The lowest BCUT2D eigenvalue weighted by Gasteiger charge is -2.44. The van der Waals surface area contributed by atoms with Crippen LogP contribution in [0.3, 0.4) is 0 Å². The Bertz CT molecular complexity index is 440. The normalized spacial score (nSPS) is 27.6. The van der Waals surface area contributed by atoms with Crippen molar-refractivity contribution in [1.82, 2.24) is 10.2 Å². The third-order valence-corrected chi connectivity index (χ3v) is 4.96. The van der Waals surface area contributed by atoms with Gasteiger partial charge >= 0.3 is 0 Å². The van der Waals surface area contributed by atoms with E-state index in [9.17, 15) is 0 Å². The SMILES string of the molecule is COc1ccc(N2CCN(C3CCNCC3C)CC2)cc1. The van der Waals surface area contributed by atoms with E-state index in [1.165, 1.54) is 38.3 Å². The van der Waals surface area contributed by atoms with Crippen LogP contribution in [0, 0.1) is 5.92 Å². The second-order valence-corrected chi connectivity index (χ2v) is 6.26. The molecular formula is C17H27N3O. The lowest BCUT2D eigenvalue weighted by molar-refractivity contribution is 0.113. The molecule has 0 amide bonds. The zero-order chi connectivity index (χ0) is 14.7. The molecule has 116 valence electrons. The van der Waals surface area contributed by atoms with Gasteiger partial charge in [0.05, 0.1) is 7.11 Å². The molecular weight excluding hydrogens is 262 g/mol. The fraction of sp³-hybridized carbons (Fsp3) is 0.647. The Morgan fingerprint density at radius 2 is 1.81 bits per heavy atom. The number of benzene rings is 1. The minimum Gasteiger partial charge on any atom is -0.497 e. The van der Waals surface area contributed by atoms with E-state index in [-0.39, 0.29) is 0 Å². The molecule has 0 radical (unpaired) electrons. The summed E-state index contributed by atoms with van der Waals surface area (Å²) in [5.74, 6) is 1.70. The highest BCUT2D eigenvalue weighted by Gasteiger charge is 2.29. The zero-order valence-electron chi connectivity index (χ0n) is 13.2. The Balaban J connectivity index is 1.56. The predicted molar refractivity (Wildman–Crippen MR) is 87.2 cm³/mol. The first kappa shape index (κ1) is 14.7. The molecule has 4 heteroatoms. The van der Waals surface area contributed by atoms with Gasteiger partial charge in [-0.05, 0) is 49.7 Å². The molecule has 4 nitrogen and oxygen atoms in total. The Kier molecular flexibility index (Phi) is 4.66. The summed E-state index contributed by atoms with van der Waals surface area (Å²) in [7, 11) is 1.72. The maximum absolute atomic E-state index is 5.23. The van der Waals surface area contributed by atoms with Crippen molar-refractivity contribution in [3.63, 3.8) is 0 Å². The summed E-state index contributed by atoms with van der Waals surface area (Å²) in [4.78, 5) is 5.19. The van der Waals surface area contributed by atoms with Crippen LogP contribution in [0.4, 0.5) is 5.69 Å². The van der Waals surface area contributed by atoms with Gasteiger partial charge in [-0.1, -0.05) is 6.92 Å². The van der Waals surface area contributed by atoms with Gasteiger partial charge in [0.25, 0.3) is 0 Å². The zero-order valence-corrected chi connectivity index (χ0v) is 13.2. The first-order chi connectivity index (χ1) is 10.3. The Morgan fingerprint density at radius 1 is 1.10 bits per heavy atom. The molecule has 2 fully saturated rings. The van der Waals surface area contributed by atoms with E-state index in [0.717, 1.165) is 30.8 Å². The van der Waals surface area contributed by atoms with E-state index in [4.69, 9.17) is 4.74 Å². The van der Waals surface area contributed by atoms with E-state index in [0.29, 0.717) is 0 Å². The summed E-state index contributed by atoms with van der Waals surface area (Å²) in [5, 5.41) is 3.50. The lowest BCUT2D eigenvalue weighted by Crippen LogP contribution is -2.55. The topological polar surface area (TPSA) is 27.7 Å². The summed E-state index contributed by atoms with van der Waals surface area (Å²) < 4.78 is 5.23. The molecule has 1 N–H and O–H groups in total. The van der Waals surface area contributed by atoms with Crippen LogP contribution in [-0.2, 0) is 0 Å². The molecule has 2 heterocycles. The molecule has 1 aromatic carbocycles. The van der Waals surface area contributed by atoms with Crippen LogP contribution in [-0.4, -0.2) is 57.3 Å². The van der Waals surface area contributed by atoms with Crippen molar-refractivity contribution in [3.8, 4) is 5.75 Å². The van der Waals surface area contributed by atoms with E-state index >= 15 is 0 Å². The number of hydrogen-bond donors (Lipinski definition) is 1. The number of piperazine rings is 1. The standard InChI is InChI=1S/C17H27N3O/c1-14-13-18-8-7-17(14)20-11-9-19(10-12-20)15-3-5-16(21-2)6-4-15/h3-6,14,17-18H,7-13H2,1-2H3. The van der Waals surface area contributed by atoms with Gasteiger partial charge in [0.2, 0.25) is 0 Å². The molecule has 0 aromatic heterocycles. The molecule has 2 aliphatic heterocycles. The minimum atomic E-state index is 0.768. The molecule has 2 atom stereocenters. The van der Waals surface area contributed by atoms with Gasteiger partial charge in [-0.25, -0.2) is 0 Å². The largest absolute Gasteiger partial charge is 0.497 e. The van der Waals surface area contributed by atoms with E-state index in [2.05, 4.69) is 46.3 Å². The van der Waals surface area contributed by atoms with Crippen LogP contribution in [0.2, 0.25) is 0 Å². The molecule has 2 unspecified atom stereocenters. The van der Waals surface area contributed by atoms with E-state index in [1.807, 2.05) is 0 Å². The minimum absolute atomic E-state index is 0.768. The average Bonchev–Trinajstić information content (AvgIpc) is 2.56. The number of anilines is 1. The molecule has 2 aliphatic rings. The second kappa shape index (κ2) is 6.67. The lowest BCUT2D eigenvalue weighted by atomic mass is 9.93. The molecule has 0 saturated carbocycles. The van der Waals surface area contributed by atoms with Crippen molar-refractivity contribution in [2.75, 3.05) is 51.3 Å². The van der Waals surface area contributed by atoms with E-state index < -0.39 is 0 Å². The Labute approximate surface area is 128 Å². The number of nitrogens with one attached hydrogen (secondary N) is 1. The van der Waals surface area contributed by atoms with Crippen molar-refractivity contribution in [3.05, 3.63) is 24.3 Å². The highest BCUT2D eigenvalue weighted by atomic mass is 16.5. The first-order valence-corrected chi connectivity index (χ1v) is 8.11. The summed E-state index contributed by atoms with van der Waals surface area (Å²) >= 11 is 0. The number of nitrogens with zero attached hydrogens (tertiary/aromatic N) is 2. The third kappa shape index (κ3) is 3.33. The second-order valence-electron chi connectivity index (χ2n) is 6.26. The number of rotatable bonds is 3. The maximum Gasteiger partial charge on any atom is 0.119 e. The molecule has 2 saturated heterocycles. The summed E-state index contributed by atoms with van der Waals surface area (Å²) in [5.41, 5.74) is 1.31. The Hall–Kier alpha value is -1.26. The van der Waals surface area contributed by atoms with Crippen molar-refractivity contribution in [2.24, 2.45) is 5.92 Å². The van der Waals surface area contributed by atoms with Gasteiger partial charge in [-0.15, -0.1) is 0 Å². The van der Waals surface area contributed by atoms with Gasteiger partial charge in [-0.3, -0.25) is 4.90 Å². The summed E-state index contributed by atoms with van der Waals surface area (Å²) in [6, 6.07) is 9.21. The smallest absolute Gasteiger partial charge is 0.119 e. The third-order valence-electron chi connectivity index (χ3n) is 4.96. The first-order valence-electron chi connectivity index (χ1n) is 8.11. The van der Waals surface area contributed by atoms with Crippen molar-refractivity contribution >= 4 is 5.69 Å². The number of hydrogen-bond acceptors (Lipinski definition) is 4. The van der Waals surface area contributed by atoms with Crippen molar-refractivity contribution < 1.29 is 4.74 Å². The predicted octanol–water partition coefficient (Wildman–Crippen LogP) is 1.82. The highest BCUT2D eigenvalue weighted by molar-refractivity contribution is 5.49. The maximum atomic E-state index is 5.23. The molecule has 3 rings (SSSR count). The van der Waals surface area contributed by atoms with Gasteiger partial charge in [0, 0.05) is 37.9 Å².